The summed E-state index contributed by atoms with van der Waals surface area (Å²) in [4.78, 5) is 14.5. The molecule has 0 radical (unpaired) electrons. The summed E-state index contributed by atoms with van der Waals surface area (Å²) in [6.45, 7) is 5.81. The van der Waals surface area contributed by atoms with Crippen LogP contribution in [0, 0.1) is 0 Å². The topological polar surface area (TPSA) is 62.2 Å². The predicted octanol–water partition coefficient (Wildman–Crippen LogP) is 3.25. The number of thiazole rings is 2. The zero-order valence-corrected chi connectivity index (χ0v) is 17.7. The highest BCUT2D eigenvalue weighted by Crippen LogP contribution is 2.13. The van der Waals surface area contributed by atoms with Gasteiger partial charge >= 0.3 is 0 Å². The molecule has 2 aromatic heterocycles. The number of aromatic nitrogens is 2. The van der Waals surface area contributed by atoms with Crippen LogP contribution in [0.3, 0.4) is 0 Å². The lowest BCUT2D eigenvalue weighted by molar-refractivity contribution is 0.782. The van der Waals surface area contributed by atoms with E-state index in [2.05, 4.69) is 44.8 Å². The molecule has 0 unspecified atom stereocenters. The Bertz CT molecular complexity index is 609. The van der Waals surface area contributed by atoms with Crippen molar-refractivity contribution in [3.05, 3.63) is 32.2 Å². The highest BCUT2D eigenvalue weighted by molar-refractivity contribution is 14.0. The van der Waals surface area contributed by atoms with E-state index in [1.807, 2.05) is 6.20 Å². The summed E-state index contributed by atoms with van der Waals surface area (Å²) >= 11 is 3.50. The van der Waals surface area contributed by atoms with Gasteiger partial charge in [0.05, 0.1) is 22.3 Å². The second-order valence-corrected chi connectivity index (χ2v) is 6.90. The average Bonchev–Trinajstić information content (AvgIpc) is 3.19. The summed E-state index contributed by atoms with van der Waals surface area (Å²) in [6.07, 6.45) is 4.94. The lowest BCUT2D eigenvalue weighted by atomic mass is 10.4. The van der Waals surface area contributed by atoms with E-state index in [1.165, 1.54) is 14.9 Å². The van der Waals surface area contributed by atoms with Crippen molar-refractivity contribution in [1.29, 1.82) is 0 Å². The smallest absolute Gasteiger partial charge is 0.191 e. The third-order valence-electron chi connectivity index (χ3n) is 3.14. The first-order valence-electron chi connectivity index (χ1n) is 7.56. The zero-order valence-electron chi connectivity index (χ0n) is 13.8. The number of nitrogens with one attached hydrogen (secondary N) is 2. The first-order chi connectivity index (χ1) is 10.7. The Morgan fingerprint density at radius 1 is 1.22 bits per heavy atom. The van der Waals surface area contributed by atoms with Gasteiger partial charge in [0.2, 0.25) is 0 Å². The molecule has 2 rings (SSSR count). The molecule has 128 valence electrons. The number of hydrogen-bond acceptors (Lipinski definition) is 5. The molecule has 0 saturated heterocycles. The summed E-state index contributed by atoms with van der Waals surface area (Å²) in [5, 5.41) is 11.1. The van der Waals surface area contributed by atoms with E-state index in [4.69, 9.17) is 0 Å². The van der Waals surface area contributed by atoms with Gasteiger partial charge in [0.25, 0.3) is 0 Å². The van der Waals surface area contributed by atoms with Crippen LogP contribution in [0.4, 0.5) is 0 Å². The molecule has 5 nitrogen and oxygen atoms in total. The van der Waals surface area contributed by atoms with Gasteiger partial charge in [0, 0.05) is 36.5 Å². The second-order valence-electron chi connectivity index (χ2n) is 4.76. The minimum absolute atomic E-state index is 0. The number of hydrogen-bond donors (Lipinski definition) is 2. The molecule has 0 bridgehead atoms. The lowest BCUT2D eigenvalue weighted by Crippen LogP contribution is -2.37. The summed E-state index contributed by atoms with van der Waals surface area (Å²) in [6, 6.07) is 0. The minimum Gasteiger partial charge on any atom is -0.356 e. The van der Waals surface area contributed by atoms with Crippen LogP contribution in [0.5, 0.6) is 0 Å². The Balaban J connectivity index is 0.00000264. The van der Waals surface area contributed by atoms with Gasteiger partial charge in [-0.15, -0.1) is 46.7 Å². The van der Waals surface area contributed by atoms with E-state index in [1.54, 1.807) is 29.7 Å². The Morgan fingerprint density at radius 3 is 2.65 bits per heavy atom. The highest BCUT2D eigenvalue weighted by atomic mass is 127. The van der Waals surface area contributed by atoms with E-state index in [-0.39, 0.29) is 24.0 Å². The molecule has 2 N–H and O–H groups in total. The standard InChI is InChI=1S/C15H23N5S2.HI/c1-4-12-9-18-14(22-12)6-7-17-15(16-3)19-8-11-10-21-13(5-2)20-11;/h9-10H,4-8H2,1-3H3,(H2,16,17,19);1H. The molecular formula is C15H24IN5S2. The average molecular weight is 465 g/mol. The largest absolute Gasteiger partial charge is 0.356 e. The fourth-order valence-electron chi connectivity index (χ4n) is 1.90. The Hall–Kier alpha value is -0.740. The summed E-state index contributed by atoms with van der Waals surface area (Å²) in [5.41, 5.74) is 1.07. The molecule has 0 aromatic carbocycles. The molecule has 2 heterocycles. The van der Waals surface area contributed by atoms with Crippen molar-refractivity contribution in [2.45, 2.75) is 39.7 Å². The van der Waals surface area contributed by atoms with Gasteiger partial charge in [0.1, 0.15) is 0 Å². The molecule has 0 atom stereocenters. The summed E-state index contributed by atoms with van der Waals surface area (Å²) < 4.78 is 0. The lowest BCUT2D eigenvalue weighted by Gasteiger charge is -2.10. The maximum atomic E-state index is 4.54. The Kier molecular flexibility index (Phi) is 9.65. The quantitative estimate of drug-likeness (QED) is 0.375. The molecule has 0 aliphatic rings. The summed E-state index contributed by atoms with van der Waals surface area (Å²) in [5.74, 6) is 0.804. The molecule has 0 saturated carbocycles. The molecule has 0 spiro atoms. The Morgan fingerprint density at radius 2 is 2.04 bits per heavy atom. The fourth-order valence-corrected chi connectivity index (χ4v) is 3.51. The van der Waals surface area contributed by atoms with Crippen LogP contribution in [0.2, 0.25) is 0 Å². The first-order valence-corrected chi connectivity index (χ1v) is 9.26. The molecule has 23 heavy (non-hydrogen) atoms. The van der Waals surface area contributed by atoms with E-state index >= 15 is 0 Å². The molecule has 0 amide bonds. The molecule has 0 aliphatic heterocycles. The fraction of sp³-hybridized carbons (Fsp3) is 0.533. The van der Waals surface area contributed by atoms with Crippen LogP contribution in [0.15, 0.2) is 16.6 Å². The monoisotopic (exact) mass is 465 g/mol. The molecule has 0 aliphatic carbocycles. The number of aliphatic imine (C=N–C) groups is 1. The van der Waals surface area contributed by atoms with Gasteiger partial charge in [-0.05, 0) is 12.8 Å². The first kappa shape index (κ1) is 20.3. The SMILES string of the molecule is CCc1cnc(CCNC(=NC)NCc2csc(CC)n2)s1.I. The zero-order chi connectivity index (χ0) is 15.8. The normalized spacial score (nSPS) is 11.2. The maximum absolute atomic E-state index is 4.54. The maximum Gasteiger partial charge on any atom is 0.191 e. The van der Waals surface area contributed by atoms with E-state index in [0.717, 1.165) is 37.5 Å². The van der Waals surface area contributed by atoms with Crippen LogP contribution in [0.1, 0.15) is 34.4 Å². The van der Waals surface area contributed by atoms with Crippen molar-refractivity contribution in [1.82, 2.24) is 20.6 Å². The van der Waals surface area contributed by atoms with Crippen LogP contribution >= 0.6 is 46.7 Å². The second kappa shape index (κ2) is 10.9. The van der Waals surface area contributed by atoms with E-state index in [0.29, 0.717) is 6.54 Å². The third-order valence-corrected chi connectivity index (χ3v) is 5.39. The molecule has 8 heteroatoms. The van der Waals surface area contributed by atoms with Gasteiger partial charge in [-0.25, -0.2) is 9.97 Å². The van der Waals surface area contributed by atoms with Crippen LogP contribution in [0.25, 0.3) is 0 Å². The van der Waals surface area contributed by atoms with Crippen molar-refractivity contribution in [3.8, 4) is 0 Å². The number of aryl methyl sites for hydroxylation is 2. The van der Waals surface area contributed by atoms with Gasteiger partial charge < -0.3 is 10.6 Å². The number of rotatable bonds is 7. The van der Waals surface area contributed by atoms with Crippen molar-refractivity contribution in [3.63, 3.8) is 0 Å². The van der Waals surface area contributed by atoms with Crippen molar-refractivity contribution in [2.24, 2.45) is 4.99 Å². The highest BCUT2D eigenvalue weighted by Gasteiger charge is 2.04. The predicted molar refractivity (Wildman–Crippen MR) is 110 cm³/mol. The van der Waals surface area contributed by atoms with Crippen LogP contribution in [-0.2, 0) is 25.8 Å². The van der Waals surface area contributed by atoms with Crippen molar-refractivity contribution in [2.75, 3.05) is 13.6 Å². The van der Waals surface area contributed by atoms with E-state index in [9.17, 15) is 0 Å². The Labute approximate surface area is 163 Å². The van der Waals surface area contributed by atoms with Crippen molar-refractivity contribution >= 4 is 52.6 Å². The van der Waals surface area contributed by atoms with Crippen molar-refractivity contribution < 1.29 is 0 Å². The van der Waals surface area contributed by atoms with Gasteiger partial charge in [0.15, 0.2) is 5.96 Å². The van der Waals surface area contributed by atoms with Gasteiger partial charge in [-0.1, -0.05) is 13.8 Å². The van der Waals surface area contributed by atoms with Gasteiger partial charge in [-0.2, -0.15) is 0 Å². The molecule has 2 aromatic rings. The molecule has 0 fully saturated rings. The third kappa shape index (κ3) is 6.72. The summed E-state index contributed by atoms with van der Waals surface area (Å²) in [7, 11) is 1.78. The number of nitrogens with zero attached hydrogens (tertiary/aromatic N) is 3. The van der Waals surface area contributed by atoms with Crippen LogP contribution in [-0.4, -0.2) is 29.5 Å². The number of halogens is 1. The van der Waals surface area contributed by atoms with Crippen LogP contribution < -0.4 is 10.6 Å². The number of guanidine groups is 1. The van der Waals surface area contributed by atoms with E-state index < -0.39 is 0 Å². The minimum atomic E-state index is 0. The van der Waals surface area contributed by atoms with Gasteiger partial charge in [-0.3, -0.25) is 4.99 Å². The molecular weight excluding hydrogens is 441 g/mol.